The lowest BCUT2D eigenvalue weighted by Crippen LogP contribution is -2.22. The van der Waals surface area contributed by atoms with Crippen molar-refractivity contribution in [1.82, 2.24) is 0 Å². The predicted octanol–water partition coefficient (Wildman–Crippen LogP) is 2.11. The van der Waals surface area contributed by atoms with Gasteiger partial charge in [0.1, 0.15) is 5.84 Å². The molecule has 0 heterocycles. The van der Waals surface area contributed by atoms with Gasteiger partial charge in [0.15, 0.2) is 0 Å². The van der Waals surface area contributed by atoms with Crippen LogP contribution >= 0.6 is 0 Å². The Bertz CT molecular complexity index is 258. The Morgan fingerprint density at radius 1 is 1.44 bits per heavy atom. The molecule has 0 unspecified atom stereocenters. The molecule has 0 bridgehead atoms. The fourth-order valence-electron chi connectivity index (χ4n) is 2.29. The van der Waals surface area contributed by atoms with Gasteiger partial charge in [-0.15, -0.1) is 0 Å². The van der Waals surface area contributed by atoms with Crippen LogP contribution in [0, 0.1) is 11.3 Å². The lowest BCUT2D eigenvalue weighted by atomic mass is 9.83. The van der Waals surface area contributed by atoms with Gasteiger partial charge < -0.3 is 15.7 Å². The van der Waals surface area contributed by atoms with Gasteiger partial charge in [0, 0.05) is 18.4 Å². The Labute approximate surface area is 96.8 Å². The molecular formula is C12H22N2O2. The van der Waals surface area contributed by atoms with Gasteiger partial charge in [0.25, 0.3) is 0 Å². The molecule has 0 saturated heterocycles. The molecule has 92 valence electrons. The smallest absolute Gasteiger partial charge is 0.139 e. The summed E-state index contributed by atoms with van der Waals surface area (Å²) < 4.78 is 5.72. The summed E-state index contributed by atoms with van der Waals surface area (Å²) >= 11 is 0. The summed E-state index contributed by atoms with van der Waals surface area (Å²) in [6.45, 7) is 1.65. The summed E-state index contributed by atoms with van der Waals surface area (Å²) in [6, 6.07) is 0. The first-order valence-corrected chi connectivity index (χ1v) is 6.28. The molecule has 4 heteroatoms. The number of hydrogen-bond acceptors (Lipinski definition) is 3. The Balaban J connectivity index is 1.57. The lowest BCUT2D eigenvalue weighted by Gasteiger charge is -2.25. The number of nitrogens with two attached hydrogens (primary N) is 1. The number of nitrogens with zero attached hydrogens (tertiary/aromatic N) is 1. The molecule has 0 aromatic rings. The molecule has 2 aliphatic carbocycles. The molecule has 4 nitrogen and oxygen atoms in total. The van der Waals surface area contributed by atoms with Crippen LogP contribution in [-0.4, -0.2) is 24.3 Å². The van der Waals surface area contributed by atoms with Crippen molar-refractivity contribution in [1.29, 1.82) is 0 Å². The van der Waals surface area contributed by atoms with Crippen molar-refractivity contribution in [3.8, 4) is 0 Å². The second-order valence-electron chi connectivity index (χ2n) is 5.41. The number of rotatable bonds is 7. The van der Waals surface area contributed by atoms with E-state index in [9.17, 15) is 0 Å². The van der Waals surface area contributed by atoms with Gasteiger partial charge in [-0.25, -0.2) is 0 Å². The van der Waals surface area contributed by atoms with Gasteiger partial charge in [-0.3, -0.25) is 0 Å². The molecule has 0 aliphatic heterocycles. The fraction of sp³-hybridized carbons (Fsp3) is 0.917. The van der Waals surface area contributed by atoms with E-state index >= 15 is 0 Å². The molecule has 3 N–H and O–H groups in total. The van der Waals surface area contributed by atoms with E-state index in [0.29, 0.717) is 12.3 Å². The highest BCUT2D eigenvalue weighted by Gasteiger charge is 2.43. The summed E-state index contributed by atoms with van der Waals surface area (Å²) in [7, 11) is 0. The second-order valence-corrected chi connectivity index (χ2v) is 5.41. The van der Waals surface area contributed by atoms with Gasteiger partial charge >= 0.3 is 0 Å². The Kier molecular flexibility index (Phi) is 3.69. The summed E-state index contributed by atoms with van der Waals surface area (Å²) in [6.07, 6.45) is 8.35. The zero-order valence-corrected chi connectivity index (χ0v) is 9.82. The average molecular weight is 226 g/mol. The van der Waals surface area contributed by atoms with Crippen LogP contribution in [0.2, 0.25) is 0 Å². The minimum Gasteiger partial charge on any atom is -0.409 e. The Morgan fingerprint density at radius 3 is 2.69 bits per heavy atom. The molecular weight excluding hydrogens is 204 g/mol. The summed E-state index contributed by atoms with van der Waals surface area (Å²) in [5.74, 6) is 1.25. The fourth-order valence-corrected chi connectivity index (χ4v) is 2.29. The van der Waals surface area contributed by atoms with Crippen LogP contribution in [0.15, 0.2) is 5.16 Å². The van der Waals surface area contributed by atoms with E-state index in [1.807, 2.05) is 0 Å². The number of amidine groups is 1. The van der Waals surface area contributed by atoms with Crippen molar-refractivity contribution in [3.63, 3.8) is 0 Å². The van der Waals surface area contributed by atoms with Gasteiger partial charge in [0.2, 0.25) is 0 Å². The molecule has 16 heavy (non-hydrogen) atoms. The minimum atomic E-state index is 0.190. The van der Waals surface area contributed by atoms with Crippen LogP contribution < -0.4 is 5.73 Å². The average Bonchev–Trinajstić information content (AvgIpc) is 2.95. The number of oxime groups is 1. The summed E-state index contributed by atoms with van der Waals surface area (Å²) in [5, 5.41) is 11.6. The van der Waals surface area contributed by atoms with E-state index in [-0.39, 0.29) is 5.41 Å². The molecule has 0 aromatic heterocycles. The molecule has 2 fully saturated rings. The van der Waals surface area contributed by atoms with Crippen LogP contribution in [0.4, 0.5) is 0 Å². The lowest BCUT2D eigenvalue weighted by molar-refractivity contribution is 0.0730. The standard InChI is InChI=1S/C12H22N2O2/c13-11(14-15)8-12(5-6-12)9-16-7-4-10-2-1-3-10/h10,15H,1-9H2,(H2,13,14). The van der Waals surface area contributed by atoms with Crippen molar-refractivity contribution in [2.75, 3.05) is 13.2 Å². The van der Waals surface area contributed by atoms with Gasteiger partial charge in [-0.1, -0.05) is 24.4 Å². The van der Waals surface area contributed by atoms with E-state index in [1.54, 1.807) is 0 Å². The first-order chi connectivity index (χ1) is 7.74. The quantitative estimate of drug-likeness (QED) is 0.230. The van der Waals surface area contributed by atoms with Gasteiger partial charge in [0.05, 0.1) is 6.61 Å². The van der Waals surface area contributed by atoms with Gasteiger partial charge in [-0.2, -0.15) is 0 Å². The van der Waals surface area contributed by atoms with E-state index in [4.69, 9.17) is 15.7 Å². The summed E-state index contributed by atoms with van der Waals surface area (Å²) in [5.41, 5.74) is 5.72. The molecule has 0 atom stereocenters. The predicted molar refractivity (Wildman–Crippen MR) is 62.5 cm³/mol. The number of hydrogen-bond donors (Lipinski definition) is 2. The summed E-state index contributed by atoms with van der Waals surface area (Å²) in [4.78, 5) is 0. The Morgan fingerprint density at radius 2 is 2.19 bits per heavy atom. The SMILES string of the molecule is NC(CC1(COCCC2CCC2)CC1)=NO. The minimum absolute atomic E-state index is 0.190. The number of ether oxygens (including phenoxy) is 1. The van der Waals surface area contributed by atoms with Gasteiger partial charge in [-0.05, 0) is 25.2 Å². The largest absolute Gasteiger partial charge is 0.409 e. The van der Waals surface area contributed by atoms with Crippen molar-refractivity contribution in [3.05, 3.63) is 0 Å². The van der Waals surface area contributed by atoms with Crippen LogP contribution in [0.3, 0.4) is 0 Å². The Hall–Kier alpha value is -0.770. The molecule has 0 aromatic carbocycles. The second kappa shape index (κ2) is 5.04. The molecule has 2 rings (SSSR count). The molecule has 2 aliphatic rings. The monoisotopic (exact) mass is 226 g/mol. The highest BCUT2D eigenvalue weighted by atomic mass is 16.5. The van der Waals surface area contributed by atoms with Crippen LogP contribution in [0.5, 0.6) is 0 Å². The van der Waals surface area contributed by atoms with E-state index < -0.39 is 0 Å². The van der Waals surface area contributed by atoms with E-state index in [0.717, 1.165) is 32.0 Å². The van der Waals surface area contributed by atoms with Crippen molar-refractivity contribution >= 4 is 5.84 Å². The van der Waals surface area contributed by atoms with E-state index in [2.05, 4.69) is 5.16 Å². The third-order valence-corrected chi connectivity index (χ3v) is 3.95. The van der Waals surface area contributed by atoms with Crippen molar-refractivity contribution in [2.24, 2.45) is 22.2 Å². The van der Waals surface area contributed by atoms with Crippen LogP contribution in [-0.2, 0) is 4.74 Å². The molecule has 0 spiro atoms. The molecule has 0 radical (unpaired) electrons. The van der Waals surface area contributed by atoms with Crippen LogP contribution in [0.1, 0.15) is 44.9 Å². The first-order valence-electron chi connectivity index (χ1n) is 6.28. The zero-order chi connectivity index (χ0) is 11.4. The third kappa shape index (κ3) is 3.11. The molecule has 0 amide bonds. The first kappa shape index (κ1) is 11.7. The third-order valence-electron chi connectivity index (χ3n) is 3.95. The maximum absolute atomic E-state index is 8.53. The maximum atomic E-state index is 8.53. The zero-order valence-electron chi connectivity index (χ0n) is 9.82. The molecule has 2 saturated carbocycles. The highest BCUT2D eigenvalue weighted by Crippen LogP contribution is 2.49. The maximum Gasteiger partial charge on any atom is 0.139 e. The van der Waals surface area contributed by atoms with E-state index in [1.165, 1.54) is 25.7 Å². The topological polar surface area (TPSA) is 67.8 Å². The highest BCUT2D eigenvalue weighted by molar-refractivity contribution is 5.80. The van der Waals surface area contributed by atoms with Crippen molar-refractivity contribution < 1.29 is 9.94 Å². The van der Waals surface area contributed by atoms with Crippen LogP contribution in [0.25, 0.3) is 0 Å². The normalized spacial score (nSPS) is 24.1. The van der Waals surface area contributed by atoms with Crippen molar-refractivity contribution in [2.45, 2.75) is 44.9 Å².